The molecular weight excluding hydrogens is 272 g/mol. The van der Waals surface area contributed by atoms with Crippen LogP contribution in [0.25, 0.3) is 0 Å². The van der Waals surface area contributed by atoms with Crippen molar-refractivity contribution in [2.45, 2.75) is 70.3 Å². The highest BCUT2D eigenvalue weighted by atomic mass is 32.2. The Morgan fingerprint density at radius 3 is 2.25 bits per heavy atom. The Hall–Kier alpha value is -0.870. The molecule has 1 atom stereocenters. The number of hydrogen-bond donors (Lipinski definition) is 0. The number of hydrogen-bond acceptors (Lipinski definition) is 3. The van der Waals surface area contributed by atoms with Crippen LogP contribution in [-0.2, 0) is 14.3 Å². The van der Waals surface area contributed by atoms with Gasteiger partial charge in [-0.05, 0) is 31.9 Å². The quantitative estimate of drug-likeness (QED) is 0.499. The summed E-state index contributed by atoms with van der Waals surface area (Å²) >= 11 is 0. The normalized spacial score (nSPS) is 13.3. The third-order valence-corrected chi connectivity index (χ3v) is 4.78. The summed E-state index contributed by atoms with van der Waals surface area (Å²) in [6.07, 6.45) is 5.86. The molecular formula is C16H26O3S. The second-order valence-electron chi connectivity index (χ2n) is 5.24. The Labute approximate surface area is 123 Å². The van der Waals surface area contributed by atoms with Gasteiger partial charge in [0.2, 0.25) is 0 Å². The van der Waals surface area contributed by atoms with Crippen LogP contribution in [0, 0.1) is 6.92 Å². The van der Waals surface area contributed by atoms with Crippen LogP contribution >= 0.6 is 0 Å². The van der Waals surface area contributed by atoms with Crippen LogP contribution in [0.1, 0.15) is 57.9 Å². The molecule has 20 heavy (non-hydrogen) atoms. The van der Waals surface area contributed by atoms with Crippen molar-refractivity contribution in [1.29, 1.82) is 0 Å². The van der Waals surface area contributed by atoms with Gasteiger partial charge in [-0.2, -0.15) is 8.42 Å². The number of rotatable bonds is 9. The maximum absolute atomic E-state index is 12.2. The summed E-state index contributed by atoms with van der Waals surface area (Å²) in [5.41, 5.74) is 1.04. The maximum Gasteiger partial charge on any atom is 0.297 e. The smallest absolute Gasteiger partial charge is 0.263 e. The van der Waals surface area contributed by atoms with E-state index in [0.717, 1.165) is 31.2 Å². The van der Waals surface area contributed by atoms with E-state index in [-0.39, 0.29) is 11.0 Å². The van der Waals surface area contributed by atoms with E-state index in [2.05, 4.69) is 6.92 Å². The molecule has 0 heterocycles. The summed E-state index contributed by atoms with van der Waals surface area (Å²) in [6, 6.07) is 6.79. The zero-order valence-corrected chi connectivity index (χ0v) is 13.6. The molecule has 0 amide bonds. The summed E-state index contributed by atoms with van der Waals surface area (Å²) in [6.45, 7) is 6.06. The van der Waals surface area contributed by atoms with Gasteiger partial charge in [0, 0.05) is 0 Å². The second-order valence-corrected chi connectivity index (χ2v) is 6.82. The van der Waals surface area contributed by atoms with E-state index in [1.165, 1.54) is 12.8 Å². The molecule has 0 saturated carbocycles. The van der Waals surface area contributed by atoms with Gasteiger partial charge in [-0.15, -0.1) is 0 Å². The summed E-state index contributed by atoms with van der Waals surface area (Å²) in [7, 11) is -3.63. The van der Waals surface area contributed by atoms with Crippen LogP contribution in [-0.4, -0.2) is 14.5 Å². The van der Waals surface area contributed by atoms with Crippen molar-refractivity contribution in [1.82, 2.24) is 0 Å². The first-order chi connectivity index (χ1) is 9.49. The Morgan fingerprint density at radius 1 is 1.05 bits per heavy atom. The molecule has 0 unspecified atom stereocenters. The van der Waals surface area contributed by atoms with Crippen LogP contribution in [0.2, 0.25) is 0 Å². The third-order valence-electron chi connectivity index (χ3n) is 3.41. The van der Waals surface area contributed by atoms with Gasteiger partial charge in [-0.3, -0.25) is 4.18 Å². The molecule has 0 aliphatic rings. The highest BCUT2D eigenvalue weighted by molar-refractivity contribution is 7.86. The Kier molecular flexibility index (Phi) is 7.24. The molecule has 0 spiro atoms. The van der Waals surface area contributed by atoms with E-state index in [1.807, 2.05) is 13.8 Å². The lowest BCUT2D eigenvalue weighted by Gasteiger charge is -2.15. The Bertz CT molecular complexity index is 477. The fourth-order valence-electron chi connectivity index (χ4n) is 2.06. The average Bonchev–Trinajstić information content (AvgIpc) is 2.42. The molecule has 4 heteroatoms. The molecule has 0 aliphatic heterocycles. The monoisotopic (exact) mass is 298 g/mol. The highest BCUT2D eigenvalue weighted by Gasteiger charge is 2.20. The van der Waals surface area contributed by atoms with E-state index < -0.39 is 10.1 Å². The van der Waals surface area contributed by atoms with Crippen molar-refractivity contribution in [2.75, 3.05) is 0 Å². The summed E-state index contributed by atoms with van der Waals surface area (Å²) in [5.74, 6) is 0. The summed E-state index contributed by atoms with van der Waals surface area (Å²) < 4.78 is 29.7. The molecule has 0 N–H and O–H groups in total. The van der Waals surface area contributed by atoms with Gasteiger partial charge >= 0.3 is 0 Å². The molecule has 1 aromatic carbocycles. The topological polar surface area (TPSA) is 43.4 Å². The van der Waals surface area contributed by atoms with E-state index >= 15 is 0 Å². The molecule has 3 nitrogen and oxygen atoms in total. The molecule has 114 valence electrons. The number of benzene rings is 1. The fraction of sp³-hybridized carbons (Fsp3) is 0.625. The summed E-state index contributed by atoms with van der Waals surface area (Å²) in [4.78, 5) is 0.245. The van der Waals surface area contributed by atoms with Crippen molar-refractivity contribution in [3.63, 3.8) is 0 Å². The molecule has 0 saturated heterocycles. The van der Waals surface area contributed by atoms with Gasteiger partial charge in [-0.1, -0.05) is 57.2 Å². The fourth-order valence-corrected chi connectivity index (χ4v) is 3.23. The van der Waals surface area contributed by atoms with Gasteiger partial charge in [0.25, 0.3) is 10.1 Å². The average molecular weight is 298 g/mol. The van der Waals surface area contributed by atoms with Crippen molar-refractivity contribution >= 4 is 10.1 Å². The Balaban J connectivity index is 2.60. The second kappa shape index (κ2) is 8.42. The molecule has 0 radical (unpaired) electrons. The van der Waals surface area contributed by atoms with E-state index in [9.17, 15) is 8.42 Å². The number of aryl methyl sites for hydroxylation is 1. The molecule has 1 rings (SSSR count). The van der Waals surface area contributed by atoms with Gasteiger partial charge in [-0.25, -0.2) is 0 Å². The lowest BCUT2D eigenvalue weighted by Crippen LogP contribution is -2.18. The first-order valence-electron chi connectivity index (χ1n) is 7.49. The molecule has 1 aromatic rings. The van der Waals surface area contributed by atoms with Crippen LogP contribution in [0.5, 0.6) is 0 Å². The predicted octanol–water partition coefficient (Wildman–Crippen LogP) is 4.45. The van der Waals surface area contributed by atoms with Crippen molar-refractivity contribution < 1.29 is 12.6 Å². The molecule has 0 fully saturated rings. The number of unbranched alkanes of at least 4 members (excludes halogenated alkanes) is 3. The standard InChI is InChI=1S/C16H26O3S/c1-4-6-7-8-9-15(5-2)19-20(17,18)16-12-10-14(3)11-13-16/h10-13,15H,4-9H2,1-3H3/t15-/m0/s1. The lowest BCUT2D eigenvalue weighted by atomic mass is 10.1. The van der Waals surface area contributed by atoms with Crippen molar-refractivity contribution in [3.8, 4) is 0 Å². The lowest BCUT2D eigenvalue weighted by molar-refractivity contribution is 0.190. The zero-order valence-electron chi connectivity index (χ0n) is 12.8. The van der Waals surface area contributed by atoms with Crippen molar-refractivity contribution in [2.24, 2.45) is 0 Å². The van der Waals surface area contributed by atoms with Crippen LogP contribution in [0.15, 0.2) is 29.2 Å². The van der Waals surface area contributed by atoms with Crippen LogP contribution in [0.3, 0.4) is 0 Å². The van der Waals surface area contributed by atoms with Crippen molar-refractivity contribution in [3.05, 3.63) is 29.8 Å². The minimum atomic E-state index is -3.63. The van der Waals surface area contributed by atoms with Gasteiger partial charge in [0.05, 0.1) is 11.0 Å². The van der Waals surface area contributed by atoms with E-state index in [4.69, 9.17) is 4.18 Å². The zero-order chi connectivity index (χ0) is 15.0. The van der Waals surface area contributed by atoms with Crippen LogP contribution in [0.4, 0.5) is 0 Å². The van der Waals surface area contributed by atoms with Gasteiger partial charge < -0.3 is 0 Å². The SMILES string of the molecule is CCCCCC[C@H](CC)OS(=O)(=O)c1ccc(C)cc1. The van der Waals surface area contributed by atoms with E-state index in [1.54, 1.807) is 24.3 Å². The molecule has 0 bridgehead atoms. The van der Waals surface area contributed by atoms with Gasteiger partial charge in [0.1, 0.15) is 0 Å². The summed E-state index contributed by atoms with van der Waals surface area (Å²) in [5, 5.41) is 0. The minimum absolute atomic E-state index is 0.210. The first kappa shape index (κ1) is 17.2. The van der Waals surface area contributed by atoms with Crippen LogP contribution < -0.4 is 0 Å². The third kappa shape index (κ3) is 5.63. The minimum Gasteiger partial charge on any atom is -0.263 e. The maximum atomic E-state index is 12.2. The highest BCUT2D eigenvalue weighted by Crippen LogP contribution is 2.19. The molecule has 0 aliphatic carbocycles. The first-order valence-corrected chi connectivity index (χ1v) is 8.90. The predicted molar refractivity (Wildman–Crippen MR) is 82.3 cm³/mol. The largest absolute Gasteiger partial charge is 0.297 e. The van der Waals surface area contributed by atoms with E-state index in [0.29, 0.717) is 0 Å². The van der Waals surface area contributed by atoms with Gasteiger partial charge in [0.15, 0.2) is 0 Å². The Morgan fingerprint density at radius 2 is 1.70 bits per heavy atom. The molecule has 0 aromatic heterocycles.